The molecule has 1 aromatic carbocycles. The standard InChI is InChI=1S/C22H30N4O2/c1-17-4-2-5-20(12-17)28-19-7-9-26(10-8-19)16-18-13-23-22(24-14-18)25-15-21-6-3-11-27-21/h2,4-5,12-14,19,21H,3,6-11,15-16H2,1H3,(H,23,24,25)/t21-/m1/s1. The fourth-order valence-electron chi connectivity index (χ4n) is 3.86. The van der Waals surface area contributed by atoms with Crippen molar-refractivity contribution in [2.24, 2.45) is 0 Å². The van der Waals surface area contributed by atoms with Gasteiger partial charge in [0, 0.05) is 50.7 Å². The third-order valence-electron chi connectivity index (χ3n) is 5.45. The van der Waals surface area contributed by atoms with E-state index in [0.717, 1.165) is 69.8 Å². The highest BCUT2D eigenvalue weighted by molar-refractivity contribution is 5.28. The number of hydrogen-bond acceptors (Lipinski definition) is 6. The predicted octanol–water partition coefficient (Wildman–Crippen LogP) is 3.42. The van der Waals surface area contributed by atoms with Gasteiger partial charge >= 0.3 is 0 Å². The third-order valence-corrected chi connectivity index (χ3v) is 5.45. The van der Waals surface area contributed by atoms with Crippen molar-refractivity contribution in [2.75, 3.05) is 31.6 Å². The SMILES string of the molecule is Cc1cccc(OC2CCN(Cc3cnc(NC[C@H]4CCCO4)nc3)CC2)c1. The van der Waals surface area contributed by atoms with E-state index in [-0.39, 0.29) is 0 Å². The quantitative estimate of drug-likeness (QED) is 0.792. The number of ether oxygens (including phenoxy) is 2. The number of anilines is 1. The summed E-state index contributed by atoms with van der Waals surface area (Å²) in [6.07, 6.45) is 8.84. The zero-order valence-electron chi connectivity index (χ0n) is 16.6. The summed E-state index contributed by atoms with van der Waals surface area (Å²) in [5.41, 5.74) is 2.39. The van der Waals surface area contributed by atoms with Crippen molar-refractivity contribution in [1.82, 2.24) is 14.9 Å². The Balaban J connectivity index is 1.20. The van der Waals surface area contributed by atoms with Crippen LogP contribution >= 0.6 is 0 Å². The first-order valence-corrected chi connectivity index (χ1v) is 10.4. The summed E-state index contributed by atoms with van der Waals surface area (Å²) in [5, 5.41) is 3.27. The lowest BCUT2D eigenvalue weighted by Gasteiger charge is -2.32. The molecule has 150 valence electrons. The molecule has 4 rings (SSSR count). The molecule has 0 bridgehead atoms. The monoisotopic (exact) mass is 382 g/mol. The molecule has 0 radical (unpaired) electrons. The molecule has 0 amide bonds. The Morgan fingerprint density at radius 2 is 2.00 bits per heavy atom. The maximum Gasteiger partial charge on any atom is 0.222 e. The van der Waals surface area contributed by atoms with E-state index in [1.807, 2.05) is 18.5 Å². The van der Waals surface area contributed by atoms with E-state index >= 15 is 0 Å². The van der Waals surface area contributed by atoms with E-state index < -0.39 is 0 Å². The Kier molecular flexibility index (Phi) is 6.39. The van der Waals surface area contributed by atoms with Gasteiger partial charge in [0.2, 0.25) is 5.95 Å². The van der Waals surface area contributed by atoms with E-state index in [1.165, 1.54) is 5.56 Å². The normalized spacial score (nSPS) is 21.0. The van der Waals surface area contributed by atoms with Crippen LogP contribution in [0, 0.1) is 6.92 Å². The van der Waals surface area contributed by atoms with Crippen molar-refractivity contribution in [3.8, 4) is 5.75 Å². The van der Waals surface area contributed by atoms with Gasteiger partial charge in [-0.3, -0.25) is 4.90 Å². The van der Waals surface area contributed by atoms with Crippen molar-refractivity contribution >= 4 is 5.95 Å². The van der Waals surface area contributed by atoms with Crippen LogP contribution in [0.15, 0.2) is 36.7 Å². The minimum absolute atomic E-state index is 0.298. The highest BCUT2D eigenvalue weighted by Crippen LogP contribution is 2.21. The first-order chi connectivity index (χ1) is 13.7. The molecular formula is C22H30N4O2. The molecule has 2 aromatic rings. The minimum Gasteiger partial charge on any atom is -0.490 e. The summed E-state index contributed by atoms with van der Waals surface area (Å²) in [6.45, 7) is 6.72. The smallest absolute Gasteiger partial charge is 0.222 e. The van der Waals surface area contributed by atoms with Gasteiger partial charge < -0.3 is 14.8 Å². The topological polar surface area (TPSA) is 59.5 Å². The van der Waals surface area contributed by atoms with E-state index in [4.69, 9.17) is 9.47 Å². The predicted molar refractivity (Wildman–Crippen MR) is 110 cm³/mol. The van der Waals surface area contributed by atoms with Gasteiger partial charge in [0.05, 0.1) is 6.10 Å². The lowest BCUT2D eigenvalue weighted by Crippen LogP contribution is -2.37. The van der Waals surface area contributed by atoms with E-state index in [1.54, 1.807) is 0 Å². The lowest BCUT2D eigenvalue weighted by molar-refractivity contribution is 0.0966. The van der Waals surface area contributed by atoms with Crippen LogP contribution < -0.4 is 10.1 Å². The molecule has 1 N–H and O–H groups in total. The number of nitrogens with one attached hydrogen (secondary N) is 1. The zero-order chi connectivity index (χ0) is 19.2. The molecule has 2 fully saturated rings. The average molecular weight is 383 g/mol. The van der Waals surface area contributed by atoms with Crippen LogP contribution in [-0.2, 0) is 11.3 Å². The van der Waals surface area contributed by atoms with Crippen molar-refractivity contribution in [3.05, 3.63) is 47.8 Å². The Labute approximate surface area is 167 Å². The number of rotatable bonds is 7. The molecule has 0 aliphatic carbocycles. The third kappa shape index (κ3) is 5.42. The molecule has 1 atom stereocenters. The van der Waals surface area contributed by atoms with Crippen LogP contribution in [0.5, 0.6) is 5.75 Å². The number of hydrogen-bond donors (Lipinski definition) is 1. The highest BCUT2D eigenvalue weighted by Gasteiger charge is 2.21. The van der Waals surface area contributed by atoms with Crippen molar-refractivity contribution in [3.63, 3.8) is 0 Å². The molecule has 0 unspecified atom stereocenters. The van der Waals surface area contributed by atoms with Gasteiger partial charge in [-0.05, 0) is 50.3 Å². The maximum atomic E-state index is 6.15. The molecule has 6 nitrogen and oxygen atoms in total. The first-order valence-electron chi connectivity index (χ1n) is 10.4. The summed E-state index contributed by atoms with van der Waals surface area (Å²) in [4.78, 5) is 11.4. The fraction of sp³-hybridized carbons (Fsp3) is 0.545. The summed E-state index contributed by atoms with van der Waals surface area (Å²) < 4.78 is 11.8. The summed E-state index contributed by atoms with van der Waals surface area (Å²) >= 11 is 0. The van der Waals surface area contributed by atoms with Gasteiger partial charge in [-0.1, -0.05) is 12.1 Å². The van der Waals surface area contributed by atoms with E-state index in [0.29, 0.717) is 18.2 Å². The summed E-state index contributed by atoms with van der Waals surface area (Å²) in [6, 6.07) is 8.31. The Bertz CT molecular complexity index is 738. The van der Waals surface area contributed by atoms with Crippen molar-refractivity contribution in [2.45, 2.75) is 51.4 Å². The van der Waals surface area contributed by atoms with Gasteiger partial charge in [-0.25, -0.2) is 9.97 Å². The van der Waals surface area contributed by atoms with Gasteiger partial charge in [-0.2, -0.15) is 0 Å². The van der Waals surface area contributed by atoms with E-state index in [2.05, 4.69) is 45.3 Å². The summed E-state index contributed by atoms with van der Waals surface area (Å²) in [7, 11) is 0. The molecule has 28 heavy (non-hydrogen) atoms. The molecule has 2 saturated heterocycles. The lowest BCUT2D eigenvalue weighted by atomic mass is 10.1. The number of nitrogens with zero attached hydrogens (tertiary/aromatic N) is 3. The number of aryl methyl sites for hydroxylation is 1. The molecule has 0 spiro atoms. The van der Waals surface area contributed by atoms with Crippen LogP contribution in [0.3, 0.4) is 0 Å². The van der Waals surface area contributed by atoms with Gasteiger partial charge in [0.1, 0.15) is 11.9 Å². The Morgan fingerprint density at radius 3 is 2.71 bits per heavy atom. The number of piperidine rings is 1. The minimum atomic E-state index is 0.298. The van der Waals surface area contributed by atoms with E-state index in [9.17, 15) is 0 Å². The molecule has 0 saturated carbocycles. The van der Waals surface area contributed by atoms with Crippen LogP contribution in [0.4, 0.5) is 5.95 Å². The molecule has 2 aliphatic heterocycles. The number of likely N-dealkylation sites (tertiary alicyclic amines) is 1. The highest BCUT2D eigenvalue weighted by atomic mass is 16.5. The second-order valence-electron chi connectivity index (χ2n) is 7.84. The molecule has 2 aliphatic rings. The molecule has 1 aromatic heterocycles. The number of aromatic nitrogens is 2. The van der Waals surface area contributed by atoms with Crippen LogP contribution in [0.1, 0.15) is 36.8 Å². The van der Waals surface area contributed by atoms with Gasteiger partial charge in [0.15, 0.2) is 0 Å². The summed E-state index contributed by atoms with van der Waals surface area (Å²) in [5.74, 6) is 1.67. The zero-order valence-corrected chi connectivity index (χ0v) is 16.6. The van der Waals surface area contributed by atoms with Crippen molar-refractivity contribution in [1.29, 1.82) is 0 Å². The Hall–Kier alpha value is -2.18. The largest absolute Gasteiger partial charge is 0.490 e. The van der Waals surface area contributed by atoms with Gasteiger partial charge in [-0.15, -0.1) is 0 Å². The number of benzene rings is 1. The van der Waals surface area contributed by atoms with Crippen LogP contribution in [-0.4, -0.2) is 53.3 Å². The molecule has 6 heteroatoms. The Morgan fingerprint density at radius 1 is 1.18 bits per heavy atom. The second kappa shape index (κ2) is 9.34. The van der Waals surface area contributed by atoms with Crippen LogP contribution in [0.25, 0.3) is 0 Å². The first kappa shape index (κ1) is 19.2. The van der Waals surface area contributed by atoms with Crippen molar-refractivity contribution < 1.29 is 9.47 Å². The maximum absolute atomic E-state index is 6.15. The van der Waals surface area contributed by atoms with Gasteiger partial charge in [0.25, 0.3) is 0 Å². The van der Waals surface area contributed by atoms with Crippen LogP contribution in [0.2, 0.25) is 0 Å². The molecular weight excluding hydrogens is 352 g/mol. The fourth-order valence-corrected chi connectivity index (χ4v) is 3.86. The second-order valence-corrected chi connectivity index (χ2v) is 7.84. The molecule has 3 heterocycles. The average Bonchev–Trinajstić information content (AvgIpc) is 3.23.